The summed E-state index contributed by atoms with van der Waals surface area (Å²) >= 11 is 0. The zero-order valence-electron chi connectivity index (χ0n) is 11.5. The van der Waals surface area contributed by atoms with Crippen molar-refractivity contribution >= 4 is 21.5 Å². The molecule has 116 valence electrons. The molecule has 1 heterocycles. The van der Waals surface area contributed by atoms with Gasteiger partial charge in [0.25, 0.3) is 15.7 Å². The van der Waals surface area contributed by atoms with Crippen LogP contribution in [0.25, 0.3) is 0 Å². The molecule has 1 aromatic carbocycles. The van der Waals surface area contributed by atoms with Gasteiger partial charge in [0.15, 0.2) is 5.82 Å². The van der Waals surface area contributed by atoms with E-state index in [1.54, 1.807) is 6.92 Å². The summed E-state index contributed by atoms with van der Waals surface area (Å²) < 4.78 is 31.5. The maximum atomic E-state index is 12.1. The molecule has 0 unspecified atom stereocenters. The number of ether oxygens (including phenoxy) is 1. The molecule has 0 aliphatic rings. The number of hydrogen-bond donors (Lipinski definition) is 1. The average molecular weight is 324 g/mol. The highest BCUT2D eigenvalue weighted by Gasteiger charge is 2.16. The Labute approximate surface area is 126 Å². The lowest BCUT2D eigenvalue weighted by atomic mass is 10.3. The molecule has 0 spiro atoms. The van der Waals surface area contributed by atoms with Gasteiger partial charge in [0.05, 0.1) is 16.4 Å². The maximum Gasteiger partial charge on any atom is 0.269 e. The van der Waals surface area contributed by atoms with Crippen molar-refractivity contribution in [1.29, 1.82) is 0 Å². The molecule has 9 nitrogen and oxygen atoms in total. The van der Waals surface area contributed by atoms with E-state index < -0.39 is 14.9 Å². The van der Waals surface area contributed by atoms with E-state index in [1.807, 2.05) is 0 Å². The van der Waals surface area contributed by atoms with Crippen LogP contribution in [0.1, 0.15) is 6.92 Å². The number of sulfonamides is 1. The smallest absolute Gasteiger partial charge is 0.269 e. The molecule has 0 fully saturated rings. The number of aromatic nitrogens is 2. The normalized spacial score (nSPS) is 11.0. The second kappa shape index (κ2) is 6.35. The van der Waals surface area contributed by atoms with Gasteiger partial charge in [0, 0.05) is 18.2 Å². The SMILES string of the molecule is CCOc1ccc(NS(=O)(=O)c2ccc([N+](=O)[O-])cc2)nn1. The van der Waals surface area contributed by atoms with E-state index in [-0.39, 0.29) is 22.3 Å². The van der Waals surface area contributed by atoms with Gasteiger partial charge in [-0.2, -0.15) is 0 Å². The van der Waals surface area contributed by atoms with E-state index in [2.05, 4.69) is 14.9 Å². The molecule has 2 aromatic rings. The molecule has 0 atom stereocenters. The molecule has 0 radical (unpaired) electrons. The number of nitro benzene ring substituents is 1. The van der Waals surface area contributed by atoms with Crippen molar-refractivity contribution in [3.05, 3.63) is 46.5 Å². The van der Waals surface area contributed by atoms with E-state index >= 15 is 0 Å². The molecule has 0 saturated carbocycles. The molecule has 0 saturated heterocycles. The van der Waals surface area contributed by atoms with Crippen molar-refractivity contribution in [1.82, 2.24) is 10.2 Å². The molecule has 22 heavy (non-hydrogen) atoms. The van der Waals surface area contributed by atoms with Crippen LogP contribution in [-0.4, -0.2) is 30.1 Å². The second-order valence-corrected chi connectivity index (χ2v) is 5.73. The molecule has 10 heteroatoms. The van der Waals surface area contributed by atoms with Gasteiger partial charge in [-0.25, -0.2) is 8.42 Å². The summed E-state index contributed by atoms with van der Waals surface area (Å²) in [6.07, 6.45) is 0. The Kier molecular flexibility index (Phi) is 4.51. The molecule has 0 bridgehead atoms. The van der Waals surface area contributed by atoms with Crippen LogP contribution in [0.3, 0.4) is 0 Å². The number of nitrogens with zero attached hydrogens (tertiary/aromatic N) is 3. The van der Waals surface area contributed by atoms with E-state index in [0.717, 1.165) is 24.3 Å². The zero-order chi connectivity index (χ0) is 16.2. The van der Waals surface area contributed by atoms with Crippen LogP contribution in [0, 0.1) is 10.1 Å². The lowest BCUT2D eigenvalue weighted by molar-refractivity contribution is -0.384. The standard InChI is InChI=1S/C12H12N4O5S/c1-2-21-12-8-7-11(13-14-12)15-22(19,20)10-5-3-9(4-6-10)16(17)18/h3-8H,2H2,1H3,(H,13,15). The fraction of sp³-hybridized carbons (Fsp3) is 0.167. The minimum Gasteiger partial charge on any atom is -0.477 e. The Hall–Kier alpha value is -2.75. The molecule has 2 rings (SSSR count). The Morgan fingerprint density at radius 3 is 2.36 bits per heavy atom. The predicted molar refractivity (Wildman–Crippen MR) is 77.1 cm³/mol. The summed E-state index contributed by atoms with van der Waals surface area (Å²) in [5, 5.41) is 17.9. The fourth-order valence-electron chi connectivity index (χ4n) is 1.54. The number of non-ortho nitro benzene ring substituents is 1. The summed E-state index contributed by atoms with van der Waals surface area (Å²) in [6, 6.07) is 7.38. The Bertz CT molecular complexity index is 759. The van der Waals surface area contributed by atoms with Gasteiger partial charge in [-0.05, 0) is 25.1 Å². The van der Waals surface area contributed by atoms with Gasteiger partial charge in [-0.3, -0.25) is 14.8 Å². The van der Waals surface area contributed by atoms with E-state index in [4.69, 9.17) is 4.74 Å². The van der Waals surface area contributed by atoms with Gasteiger partial charge in [-0.1, -0.05) is 0 Å². The summed E-state index contributed by atoms with van der Waals surface area (Å²) in [5.74, 6) is 0.294. The number of anilines is 1. The number of hydrogen-bond acceptors (Lipinski definition) is 7. The van der Waals surface area contributed by atoms with Crippen LogP contribution in [0.4, 0.5) is 11.5 Å². The highest BCUT2D eigenvalue weighted by atomic mass is 32.2. The summed E-state index contributed by atoms with van der Waals surface area (Å²) in [6.45, 7) is 2.20. The van der Waals surface area contributed by atoms with Crippen molar-refractivity contribution in [3.8, 4) is 5.88 Å². The minimum absolute atomic E-state index is 0.0156. The highest BCUT2D eigenvalue weighted by molar-refractivity contribution is 7.92. The van der Waals surface area contributed by atoms with E-state index in [0.29, 0.717) is 6.61 Å². The Morgan fingerprint density at radius 1 is 1.18 bits per heavy atom. The monoisotopic (exact) mass is 324 g/mol. The molecular formula is C12H12N4O5S. The summed E-state index contributed by atoms with van der Waals surface area (Å²) in [5.41, 5.74) is -0.195. The Morgan fingerprint density at radius 2 is 1.86 bits per heavy atom. The second-order valence-electron chi connectivity index (χ2n) is 4.05. The van der Waals surface area contributed by atoms with Crippen molar-refractivity contribution in [2.45, 2.75) is 11.8 Å². The molecule has 0 aliphatic heterocycles. The number of benzene rings is 1. The third kappa shape index (κ3) is 3.67. The van der Waals surface area contributed by atoms with Crippen LogP contribution in [0.2, 0.25) is 0 Å². The molecule has 1 N–H and O–H groups in total. The third-order valence-corrected chi connectivity index (χ3v) is 3.90. The minimum atomic E-state index is -3.90. The van der Waals surface area contributed by atoms with Gasteiger partial charge in [-0.15, -0.1) is 10.2 Å². The summed E-state index contributed by atoms with van der Waals surface area (Å²) in [7, 11) is -3.90. The number of nitrogens with one attached hydrogen (secondary N) is 1. The first-order valence-electron chi connectivity index (χ1n) is 6.16. The first-order chi connectivity index (χ1) is 10.4. The highest BCUT2D eigenvalue weighted by Crippen LogP contribution is 2.18. The predicted octanol–water partition coefficient (Wildman–Crippen LogP) is 1.58. The van der Waals surface area contributed by atoms with Crippen LogP contribution < -0.4 is 9.46 Å². The van der Waals surface area contributed by atoms with Crippen LogP contribution in [0.15, 0.2) is 41.3 Å². The van der Waals surface area contributed by atoms with Crippen molar-refractivity contribution in [3.63, 3.8) is 0 Å². The first-order valence-corrected chi connectivity index (χ1v) is 7.64. The molecule has 1 aromatic heterocycles. The lowest BCUT2D eigenvalue weighted by Gasteiger charge is -2.07. The van der Waals surface area contributed by atoms with Crippen LogP contribution >= 0.6 is 0 Å². The van der Waals surface area contributed by atoms with Crippen LogP contribution in [-0.2, 0) is 10.0 Å². The molecule has 0 amide bonds. The topological polar surface area (TPSA) is 124 Å². The third-order valence-electron chi connectivity index (χ3n) is 2.53. The number of rotatable bonds is 6. The first kappa shape index (κ1) is 15.6. The quantitative estimate of drug-likeness (QED) is 0.631. The van der Waals surface area contributed by atoms with Crippen molar-refractivity contribution < 1.29 is 18.1 Å². The maximum absolute atomic E-state index is 12.1. The zero-order valence-corrected chi connectivity index (χ0v) is 12.3. The molecular weight excluding hydrogens is 312 g/mol. The van der Waals surface area contributed by atoms with Gasteiger partial charge in [0.2, 0.25) is 5.88 Å². The summed E-state index contributed by atoms with van der Waals surface area (Å²) in [4.78, 5) is 9.82. The van der Waals surface area contributed by atoms with Gasteiger partial charge in [0.1, 0.15) is 0 Å². The van der Waals surface area contributed by atoms with Crippen LogP contribution in [0.5, 0.6) is 5.88 Å². The van der Waals surface area contributed by atoms with Crippen molar-refractivity contribution in [2.75, 3.05) is 11.3 Å². The van der Waals surface area contributed by atoms with Gasteiger partial charge >= 0.3 is 0 Å². The average Bonchev–Trinajstić information content (AvgIpc) is 2.49. The lowest BCUT2D eigenvalue weighted by Crippen LogP contribution is -2.14. The van der Waals surface area contributed by atoms with E-state index in [9.17, 15) is 18.5 Å². The van der Waals surface area contributed by atoms with E-state index in [1.165, 1.54) is 12.1 Å². The van der Waals surface area contributed by atoms with Gasteiger partial charge < -0.3 is 4.74 Å². The van der Waals surface area contributed by atoms with Crippen molar-refractivity contribution in [2.24, 2.45) is 0 Å². The largest absolute Gasteiger partial charge is 0.477 e. The number of nitro groups is 1. The molecule has 0 aliphatic carbocycles. The Balaban J connectivity index is 2.18. The fourth-order valence-corrected chi connectivity index (χ4v) is 2.54.